The minimum Gasteiger partial charge on any atom is -0.444 e. The van der Waals surface area contributed by atoms with E-state index in [1.807, 2.05) is 65.8 Å². The van der Waals surface area contributed by atoms with E-state index in [2.05, 4.69) is 17.6 Å². The van der Waals surface area contributed by atoms with Crippen molar-refractivity contribution >= 4 is 17.9 Å². The highest BCUT2D eigenvalue weighted by atomic mass is 16.6. The van der Waals surface area contributed by atoms with Gasteiger partial charge in [-0.1, -0.05) is 63.4 Å². The molecule has 2 unspecified atom stereocenters. The predicted octanol–water partition coefficient (Wildman–Crippen LogP) is 5.52. The molecule has 198 valence electrons. The number of hydrogen-bond acceptors (Lipinski definition) is 4. The molecule has 0 aliphatic carbocycles. The van der Waals surface area contributed by atoms with E-state index < -0.39 is 29.3 Å². The summed E-state index contributed by atoms with van der Waals surface area (Å²) >= 11 is 0. The molecule has 1 aromatic carbocycles. The Morgan fingerprint density at radius 2 is 1.54 bits per heavy atom. The Labute approximate surface area is 212 Å². The lowest BCUT2D eigenvalue weighted by molar-refractivity contribution is -0.149. The fourth-order valence-corrected chi connectivity index (χ4v) is 3.79. The van der Waals surface area contributed by atoms with E-state index in [-0.39, 0.29) is 17.7 Å². The van der Waals surface area contributed by atoms with Gasteiger partial charge in [-0.25, -0.2) is 4.79 Å². The normalized spacial score (nSPS) is 13.7. The monoisotopic (exact) mass is 489 g/mol. The molecule has 0 aliphatic heterocycles. The van der Waals surface area contributed by atoms with E-state index >= 15 is 0 Å². The van der Waals surface area contributed by atoms with Gasteiger partial charge in [0.1, 0.15) is 17.7 Å². The van der Waals surface area contributed by atoms with Gasteiger partial charge in [0.15, 0.2) is 0 Å². The van der Waals surface area contributed by atoms with Crippen LogP contribution in [0.25, 0.3) is 0 Å². The lowest BCUT2D eigenvalue weighted by atomic mass is 9.93. The minimum absolute atomic E-state index is 0.217. The van der Waals surface area contributed by atoms with Crippen LogP contribution in [0.1, 0.15) is 98.7 Å². The van der Waals surface area contributed by atoms with Gasteiger partial charge in [-0.05, 0) is 66.4 Å². The van der Waals surface area contributed by atoms with Crippen LogP contribution in [0, 0.1) is 12.8 Å². The Bertz CT molecular complexity index is 835. The van der Waals surface area contributed by atoms with Crippen molar-refractivity contribution in [2.45, 2.75) is 112 Å². The molecule has 0 heterocycles. The maximum absolute atomic E-state index is 14.1. The fraction of sp³-hybridized carbons (Fsp3) is 0.679. The summed E-state index contributed by atoms with van der Waals surface area (Å²) in [4.78, 5) is 41.8. The number of ether oxygens (including phenoxy) is 1. The first kappa shape index (κ1) is 30.5. The van der Waals surface area contributed by atoms with Crippen LogP contribution in [0.4, 0.5) is 4.79 Å². The standard InChI is InChI=1S/C28H47N3O4/c1-11-12-13-18-29-24(32)23(21-16-14-20(4)15-17-21)31(27(5,6)7)25(33)22(19(2)3)30-26(34)35-28(8,9)10/h14-17,19,22-23H,11-13,18H2,1-10H3,(H,29,32)(H,30,34). The van der Waals surface area contributed by atoms with E-state index in [1.165, 1.54) is 0 Å². The Morgan fingerprint density at radius 1 is 0.971 bits per heavy atom. The lowest BCUT2D eigenvalue weighted by Gasteiger charge is -2.43. The summed E-state index contributed by atoms with van der Waals surface area (Å²) < 4.78 is 5.42. The number of amides is 3. The predicted molar refractivity (Wildman–Crippen MR) is 141 cm³/mol. The minimum atomic E-state index is -0.857. The number of nitrogens with zero attached hydrogens (tertiary/aromatic N) is 1. The number of carbonyl (C=O) groups excluding carboxylic acids is 3. The van der Waals surface area contributed by atoms with Gasteiger partial charge in [-0.3, -0.25) is 9.59 Å². The molecule has 35 heavy (non-hydrogen) atoms. The third-order valence-electron chi connectivity index (χ3n) is 5.54. The summed E-state index contributed by atoms with van der Waals surface area (Å²) in [5, 5.41) is 5.79. The molecule has 2 N–H and O–H groups in total. The van der Waals surface area contributed by atoms with Crippen molar-refractivity contribution in [2.75, 3.05) is 6.54 Å². The number of benzene rings is 1. The molecule has 7 nitrogen and oxygen atoms in total. The summed E-state index contributed by atoms with van der Waals surface area (Å²) in [6.07, 6.45) is 2.29. The molecule has 1 aromatic rings. The van der Waals surface area contributed by atoms with Crippen LogP contribution in [0.2, 0.25) is 0 Å². The lowest BCUT2D eigenvalue weighted by Crippen LogP contribution is -2.59. The number of alkyl carbamates (subject to hydrolysis) is 1. The van der Waals surface area contributed by atoms with E-state index in [1.54, 1.807) is 25.7 Å². The second kappa shape index (κ2) is 12.9. The van der Waals surface area contributed by atoms with Gasteiger partial charge in [0.05, 0.1) is 0 Å². The maximum atomic E-state index is 14.1. The Kier molecular flexibility index (Phi) is 11.3. The average Bonchev–Trinajstić information content (AvgIpc) is 2.71. The zero-order valence-corrected chi connectivity index (χ0v) is 23.5. The molecule has 0 aromatic heterocycles. The molecule has 1 rings (SSSR count). The topological polar surface area (TPSA) is 87.7 Å². The highest BCUT2D eigenvalue weighted by molar-refractivity contribution is 5.92. The zero-order chi connectivity index (χ0) is 27.0. The van der Waals surface area contributed by atoms with Crippen molar-refractivity contribution < 1.29 is 19.1 Å². The SMILES string of the molecule is CCCCCNC(=O)C(c1ccc(C)cc1)N(C(=O)C(NC(=O)OC(C)(C)C)C(C)C)C(C)(C)C. The van der Waals surface area contributed by atoms with Gasteiger partial charge in [0.2, 0.25) is 11.8 Å². The van der Waals surface area contributed by atoms with Crippen LogP contribution in [0.3, 0.4) is 0 Å². The third kappa shape index (κ3) is 9.90. The van der Waals surface area contributed by atoms with Crippen LogP contribution in [-0.4, -0.2) is 46.5 Å². The van der Waals surface area contributed by atoms with Gasteiger partial charge >= 0.3 is 6.09 Å². The Morgan fingerprint density at radius 3 is 2.00 bits per heavy atom. The van der Waals surface area contributed by atoms with Crippen LogP contribution < -0.4 is 10.6 Å². The summed E-state index contributed by atoms with van der Waals surface area (Å²) in [6, 6.07) is 5.97. The smallest absolute Gasteiger partial charge is 0.408 e. The van der Waals surface area contributed by atoms with Crippen molar-refractivity contribution in [1.29, 1.82) is 0 Å². The van der Waals surface area contributed by atoms with E-state index in [9.17, 15) is 14.4 Å². The Hall–Kier alpha value is -2.57. The van der Waals surface area contributed by atoms with Crippen molar-refractivity contribution in [3.8, 4) is 0 Å². The van der Waals surface area contributed by atoms with Crippen molar-refractivity contribution in [1.82, 2.24) is 15.5 Å². The highest BCUT2D eigenvalue weighted by Gasteiger charge is 2.42. The zero-order valence-electron chi connectivity index (χ0n) is 23.5. The van der Waals surface area contributed by atoms with E-state index in [0.29, 0.717) is 6.54 Å². The number of rotatable bonds is 10. The first-order chi connectivity index (χ1) is 16.1. The van der Waals surface area contributed by atoms with Gasteiger partial charge < -0.3 is 20.3 Å². The van der Waals surface area contributed by atoms with Gasteiger partial charge in [-0.15, -0.1) is 0 Å². The first-order valence-corrected chi connectivity index (χ1v) is 12.8. The molecule has 0 bridgehead atoms. The number of carbonyl (C=O) groups is 3. The summed E-state index contributed by atoms with van der Waals surface area (Å²) in [6.45, 7) is 19.4. The molecule has 2 atom stereocenters. The van der Waals surface area contributed by atoms with Crippen LogP contribution in [0.5, 0.6) is 0 Å². The second-order valence-electron chi connectivity index (χ2n) is 11.6. The van der Waals surface area contributed by atoms with Crippen LogP contribution in [0.15, 0.2) is 24.3 Å². The molecule has 0 saturated heterocycles. The molecule has 0 fully saturated rings. The first-order valence-electron chi connectivity index (χ1n) is 12.8. The summed E-state index contributed by atoms with van der Waals surface area (Å²) in [5.41, 5.74) is 0.403. The molecule has 0 spiro atoms. The number of nitrogens with one attached hydrogen (secondary N) is 2. The van der Waals surface area contributed by atoms with Crippen molar-refractivity contribution in [2.24, 2.45) is 5.92 Å². The number of hydrogen-bond donors (Lipinski definition) is 2. The quantitative estimate of drug-likeness (QED) is 0.424. The summed E-state index contributed by atoms with van der Waals surface area (Å²) in [7, 11) is 0. The van der Waals surface area contributed by atoms with Crippen molar-refractivity contribution in [3.05, 3.63) is 35.4 Å². The van der Waals surface area contributed by atoms with Crippen molar-refractivity contribution in [3.63, 3.8) is 0 Å². The Balaban J connectivity index is 3.44. The molecular formula is C28H47N3O4. The molecule has 0 radical (unpaired) electrons. The third-order valence-corrected chi connectivity index (χ3v) is 5.54. The average molecular weight is 490 g/mol. The van der Waals surface area contributed by atoms with E-state index in [4.69, 9.17) is 4.74 Å². The highest BCUT2D eigenvalue weighted by Crippen LogP contribution is 2.31. The largest absolute Gasteiger partial charge is 0.444 e. The maximum Gasteiger partial charge on any atom is 0.408 e. The second-order valence-corrected chi connectivity index (χ2v) is 11.6. The van der Waals surface area contributed by atoms with Crippen LogP contribution >= 0.6 is 0 Å². The number of unbranched alkanes of at least 4 members (excludes halogenated alkanes) is 2. The van der Waals surface area contributed by atoms with Crippen LogP contribution in [-0.2, 0) is 14.3 Å². The molecule has 3 amide bonds. The molecular weight excluding hydrogens is 442 g/mol. The van der Waals surface area contributed by atoms with Gasteiger partial charge in [-0.2, -0.15) is 0 Å². The molecule has 7 heteroatoms. The van der Waals surface area contributed by atoms with E-state index in [0.717, 1.165) is 30.4 Å². The summed E-state index contributed by atoms with van der Waals surface area (Å²) in [5.74, 6) is -0.771. The number of aryl methyl sites for hydroxylation is 1. The molecule has 0 aliphatic rings. The van der Waals surface area contributed by atoms with Gasteiger partial charge in [0.25, 0.3) is 0 Å². The fourth-order valence-electron chi connectivity index (χ4n) is 3.79. The van der Waals surface area contributed by atoms with Gasteiger partial charge in [0, 0.05) is 12.1 Å². The molecule has 0 saturated carbocycles.